The molecule has 2 unspecified atom stereocenters. The van der Waals surface area contributed by atoms with Crippen molar-refractivity contribution in [2.45, 2.75) is 40.0 Å². The van der Waals surface area contributed by atoms with Crippen LogP contribution in [-0.2, 0) is 4.79 Å². The molecule has 3 nitrogen and oxygen atoms in total. The van der Waals surface area contributed by atoms with Gasteiger partial charge in [0.1, 0.15) is 11.7 Å². The van der Waals surface area contributed by atoms with Gasteiger partial charge in [-0.15, -0.1) is 0 Å². The molecule has 3 heteroatoms. The van der Waals surface area contributed by atoms with E-state index in [9.17, 15) is 10.1 Å². The van der Waals surface area contributed by atoms with Gasteiger partial charge in [-0.25, -0.2) is 0 Å². The summed E-state index contributed by atoms with van der Waals surface area (Å²) in [5.41, 5.74) is 0.745. The third kappa shape index (κ3) is 4.38. The number of nitrogens with zero attached hydrogens (tertiary/aromatic N) is 1. The first kappa shape index (κ1) is 16.2. The summed E-state index contributed by atoms with van der Waals surface area (Å²) in [4.78, 5) is 12.2. The topological polar surface area (TPSA) is 50.1 Å². The lowest BCUT2D eigenvalue weighted by atomic mass is 9.88. The van der Waals surface area contributed by atoms with Crippen molar-refractivity contribution in [2.75, 3.05) is 6.61 Å². The first-order valence-corrected chi connectivity index (χ1v) is 7.15. The molecule has 0 aromatic heterocycles. The monoisotopic (exact) mass is 273 g/mol. The Bertz CT molecular complexity index is 471. The molecule has 108 valence electrons. The van der Waals surface area contributed by atoms with Gasteiger partial charge in [-0.3, -0.25) is 4.79 Å². The van der Waals surface area contributed by atoms with Crippen LogP contribution >= 0.6 is 0 Å². The Balaban J connectivity index is 2.80. The van der Waals surface area contributed by atoms with Gasteiger partial charge in [0.15, 0.2) is 5.78 Å². The maximum absolute atomic E-state index is 12.2. The van der Waals surface area contributed by atoms with E-state index >= 15 is 0 Å². The third-order valence-corrected chi connectivity index (χ3v) is 3.31. The quantitative estimate of drug-likeness (QED) is 0.756. The molecule has 0 radical (unpaired) electrons. The molecule has 0 saturated carbocycles. The Hall–Kier alpha value is -1.82. The standard InChI is InChI=1S/C17H23NO2/c1-5-13(4)17(19)16(10-18)14-6-8-15(9-7-14)20-11-12(2)3/h6-9,12-13,16H,5,11H2,1-4H3. The van der Waals surface area contributed by atoms with Crippen molar-refractivity contribution >= 4 is 5.78 Å². The minimum absolute atomic E-state index is 0.00847. The Morgan fingerprint density at radius 1 is 1.25 bits per heavy atom. The van der Waals surface area contributed by atoms with Crippen LogP contribution in [0.25, 0.3) is 0 Å². The van der Waals surface area contributed by atoms with Crippen LogP contribution in [0.4, 0.5) is 0 Å². The van der Waals surface area contributed by atoms with Crippen LogP contribution in [0.15, 0.2) is 24.3 Å². The lowest BCUT2D eigenvalue weighted by molar-refractivity contribution is -0.122. The number of carbonyl (C=O) groups is 1. The summed E-state index contributed by atoms with van der Waals surface area (Å²) in [6, 6.07) is 9.38. The largest absolute Gasteiger partial charge is 0.493 e. The number of ketones is 1. The number of nitriles is 1. The highest BCUT2D eigenvalue weighted by atomic mass is 16.5. The Morgan fingerprint density at radius 2 is 1.85 bits per heavy atom. The van der Waals surface area contributed by atoms with Gasteiger partial charge in [0.2, 0.25) is 0 Å². The molecule has 0 heterocycles. The van der Waals surface area contributed by atoms with Crippen LogP contribution in [0.5, 0.6) is 5.75 Å². The van der Waals surface area contributed by atoms with Crippen LogP contribution < -0.4 is 4.74 Å². The van der Waals surface area contributed by atoms with Crippen molar-refractivity contribution in [3.8, 4) is 11.8 Å². The number of carbonyl (C=O) groups excluding carboxylic acids is 1. The molecule has 20 heavy (non-hydrogen) atoms. The Morgan fingerprint density at radius 3 is 2.30 bits per heavy atom. The Labute approximate surface area is 121 Å². The van der Waals surface area contributed by atoms with E-state index in [1.165, 1.54) is 0 Å². The lowest BCUT2D eigenvalue weighted by Crippen LogP contribution is -2.18. The highest BCUT2D eigenvalue weighted by Gasteiger charge is 2.24. The number of benzene rings is 1. The first-order chi connectivity index (χ1) is 9.49. The van der Waals surface area contributed by atoms with E-state index in [0.29, 0.717) is 12.5 Å². The molecule has 0 bridgehead atoms. The zero-order valence-corrected chi connectivity index (χ0v) is 12.7. The summed E-state index contributed by atoms with van der Waals surface area (Å²) in [5, 5.41) is 9.24. The fourth-order valence-electron chi connectivity index (χ4n) is 1.81. The van der Waals surface area contributed by atoms with E-state index in [2.05, 4.69) is 19.9 Å². The molecule has 0 spiro atoms. The van der Waals surface area contributed by atoms with Crippen molar-refractivity contribution in [2.24, 2.45) is 11.8 Å². The summed E-state index contributed by atoms with van der Waals surface area (Å²) in [6.07, 6.45) is 0.757. The van der Waals surface area contributed by atoms with Gasteiger partial charge in [-0.05, 0) is 30.0 Å². The molecule has 0 amide bonds. The maximum atomic E-state index is 12.2. The zero-order valence-electron chi connectivity index (χ0n) is 12.7. The van der Waals surface area contributed by atoms with Gasteiger partial charge in [0.05, 0.1) is 12.7 Å². The molecule has 0 aliphatic rings. The Kier molecular flexibility index (Phi) is 6.24. The zero-order chi connectivity index (χ0) is 15.1. The van der Waals surface area contributed by atoms with Crippen LogP contribution in [0.3, 0.4) is 0 Å². The first-order valence-electron chi connectivity index (χ1n) is 7.15. The van der Waals surface area contributed by atoms with E-state index in [1.54, 1.807) is 0 Å². The molecule has 0 N–H and O–H groups in total. The van der Waals surface area contributed by atoms with Crippen molar-refractivity contribution in [3.63, 3.8) is 0 Å². The molecule has 0 fully saturated rings. The van der Waals surface area contributed by atoms with Gasteiger partial charge >= 0.3 is 0 Å². The lowest BCUT2D eigenvalue weighted by Gasteiger charge is -2.14. The fourth-order valence-corrected chi connectivity index (χ4v) is 1.81. The molecular weight excluding hydrogens is 250 g/mol. The highest BCUT2D eigenvalue weighted by Crippen LogP contribution is 2.23. The van der Waals surface area contributed by atoms with E-state index in [0.717, 1.165) is 17.7 Å². The number of Topliss-reactive ketones (excluding diaryl/α,β-unsaturated/α-hetero) is 1. The second-order valence-electron chi connectivity index (χ2n) is 5.55. The van der Waals surface area contributed by atoms with Gasteiger partial charge in [0.25, 0.3) is 0 Å². The molecule has 0 aliphatic heterocycles. The van der Waals surface area contributed by atoms with Crippen molar-refractivity contribution in [1.82, 2.24) is 0 Å². The number of ether oxygens (including phenoxy) is 1. The summed E-state index contributed by atoms with van der Waals surface area (Å²) in [6.45, 7) is 8.66. The van der Waals surface area contributed by atoms with Crippen LogP contribution in [0.1, 0.15) is 45.6 Å². The average Bonchev–Trinajstić information content (AvgIpc) is 2.46. The third-order valence-electron chi connectivity index (χ3n) is 3.31. The number of hydrogen-bond donors (Lipinski definition) is 0. The fraction of sp³-hybridized carbons (Fsp3) is 0.529. The predicted octanol–water partition coefficient (Wildman–Crippen LogP) is 3.94. The van der Waals surface area contributed by atoms with Crippen LogP contribution in [0, 0.1) is 23.2 Å². The van der Waals surface area contributed by atoms with Crippen molar-refractivity contribution in [3.05, 3.63) is 29.8 Å². The van der Waals surface area contributed by atoms with E-state index < -0.39 is 5.92 Å². The minimum atomic E-state index is -0.677. The van der Waals surface area contributed by atoms with Gasteiger partial charge in [-0.2, -0.15) is 5.26 Å². The van der Waals surface area contributed by atoms with E-state index in [-0.39, 0.29) is 11.7 Å². The van der Waals surface area contributed by atoms with Crippen LogP contribution in [-0.4, -0.2) is 12.4 Å². The molecule has 0 saturated heterocycles. The summed E-state index contributed by atoms with van der Waals surface area (Å²) < 4.78 is 5.60. The van der Waals surface area contributed by atoms with Crippen molar-refractivity contribution < 1.29 is 9.53 Å². The summed E-state index contributed by atoms with van der Waals surface area (Å²) in [5.74, 6) is 0.468. The smallest absolute Gasteiger partial charge is 0.157 e. The number of rotatable bonds is 7. The molecule has 1 rings (SSSR count). The highest BCUT2D eigenvalue weighted by molar-refractivity contribution is 5.90. The van der Waals surface area contributed by atoms with Gasteiger partial charge in [-0.1, -0.05) is 39.8 Å². The summed E-state index contributed by atoms with van der Waals surface area (Å²) >= 11 is 0. The number of hydrogen-bond acceptors (Lipinski definition) is 3. The maximum Gasteiger partial charge on any atom is 0.157 e. The van der Waals surface area contributed by atoms with Gasteiger partial charge < -0.3 is 4.74 Å². The van der Waals surface area contributed by atoms with E-state index in [4.69, 9.17) is 4.74 Å². The SMILES string of the molecule is CCC(C)C(=O)C(C#N)c1ccc(OCC(C)C)cc1. The van der Waals surface area contributed by atoms with Crippen LogP contribution in [0.2, 0.25) is 0 Å². The van der Waals surface area contributed by atoms with E-state index in [1.807, 2.05) is 38.1 Å². The molecule has 1 aromatic rings. The second-order valence-corrected chi connectivity index (χ2v) is 5.55. The predicted molar refractivity (Wildman–Crippen MR) is 79.6 cm³/mol. The molecule has 1 aromatic carbocycles. The minimum Gasteiger partial charge on any atom is -0.493 e. The average molecular weight is 273 g/mol. The normalized spacial score (nSPS) is 13.6. The molecular formula is C17H23NO2. The molecule has 0 aliphatic carbocycles. The summed E-state index contributed by atoms with van der Waals surface area (Å²) in [7, 11) is 0. The molecule has 2 atom stereocenters. The second kappa shape index (κ2) is 7.69. The van der Waals surface area contributed by atoms with Crippen molar-refractivity contribution in [1.29, 1.82) is 5.26 Å². The van der Waals surface area contributed by atoms with Gasteiger partial charge in [0, 0.05) is 5.92 Å².